The molecule has 1 aliphatic rings. The molecular formula is C18H22N2O. The highest BCUT2D eigenvalue weighted by Crippen LogP contribution is 2.21. The van der Waals surface area contributed by atoms with Crippen LogP contribution in [0.1, 0.15) is 16.8 Å². The van der Waals surface area contributed by atoms with Crippen LogP contribution < -0.4 is 0 Å². The lowest BCUT2D eigenvalue weighted by Crippen LogP contribution is -2.50. The predicted octanol–water partition coefficient (Wildman–Crippen LogP) is 2.66. The van der Waals surface area contributed by atoms with Gasteiger partial charge >= 0.3 is 0 Å². The summed E-state index contributed by atoms with van der Waals surface area (Å²) in [6, 6.07) is 14.4. The highest BCUT2D eigenvalue weighted by molar-refractivity contribution is 6.08. The van der Waals surface area contributed by atoms with E-state index in [-0.39, 0.29) is 5.78 Å². The number of fused-ring (bicyclic) bond motifs is 1. The number of Topliss-reactive ketones (excluding diaryl/α,β-unsaturated/α-hetero) is 1. The van der Waals surface area contributed by atoms with Crippen molar-refractivity contribution in [2.45, 2.75) is 12.5 Å². The number of carbonyl (C=O) groups excluding carboxylic acids is 1. The quantitative estimate of drug-likeness (QED) is 0.809. The molecule has 3 nitrogen and oxygen atoms in total. The van der Waals surface area contributed by atoms with Crippen molar-refractivity contribution >= 4 is 16.6 Å². The summed E-state index contributed by atoms with van der Waals surface area (Å²) in [6.07, 6.45) is 0.592. The van der Waals surface area contributed by atoms with E-state index in [9.17, 15) is 4.79 Å². The van der Waals surface area contributed by atoms with Crippen LogP contribution in [0.4, 0.5) is 0 Å². The fraction of sp³-hybridized carbons (Fsp3) is 0.389. The molecule has 0 amide bonds. The fourth-order valence-electron chi connectivity index (χ4n) is 3.11. The van der Waals surface area contributed by atoms with Crippen LogP contribution in [0.25, 0.3) is 10.8 Å². The van der Waals surface area contributed by atoms with Crippen molar-refractivity contribution in [3.63, 3.8) is 0 Å². The first-order valence-corrected chi connectivity index (χ1v) is 7.55. The number of rotatable bonds is 3. The summed E-state index contributed by atoms with van der Waals surface area (Å²) in [7, 11) is 4.25. The van der Waals surface area contributed by atoms with Crippen molar-refractivity contribution in [2.75, 3.05) is 33.7 Å². The Morgan fingerprint density at radius 1 is 1.10 bits per heavy atom. The van der Waals surface area contributed by atoms with Gasteiger partial charge < -0.3 is 9.80 Å². The third-order valence-corrected chi connectivity index (χ3v) is 4.49. The van der Waals surface area contributed by atoms with Crippen molar-refractivity contribution in [2.24, 2.45) is 0 Å². The van der Waals surface area contributed by atoms with Gasteiger partial charge in [0.05, 0.1) is 0 Å². The van der Waals surface area contributed by atoms with Gasteiger partial charge in [-0.1, -0.05) is 42.5 Å². The van der Waals surface area contributed by atoms with Gasteiger partial charge in [0.15, 0.2) is 5.78 Å². The van der Waals surface area contributed by atoms with Crippen LogP contribution in [0.5, 0.6) is 0 Å². The molecule has 1 unspecified atom stereocenters. The van der Waals surface area contributed by atoms with Gasteiger partial charge in [-0.25, -0.2) is 0 Å². The maximum absolute atomic E-state index is 12.7. The number of ketones is 1. The van der Waals surface area contributed by atoms with Crippen LogP contribution in [0.15, 0.2) is 42.5 Å². The van der Waals surface area contributed by atoms with E-state index in [0.717, 1.165) is 36.0 Å². The summed E-state index contributed by atoms with van der Waals surface area (Å²) in [6.45, 7) is 3.08. The largest absolute Gasteiger partial charge is 0.304 e. The Labute approximate surface area is 126 Å². The second-order valence-corrected chi connectivity index (χ2v) is 6.05. The highest BCUT2D eigenvalue weighted by atomic mass is 16.1. The third-order valence-electron chi connectivity index (χ3n) is 4.49. The Morgan fingerprint density at radius 2 is 1.86 bits per heavy atom. The first-order chi connectivity index (χ1) is 10.1. The Hall–Kier alpha value is -1.71. The minimum Gasteiger partial charge on any atom is -0.304 e. The van der Waals surface area contributed by atoms with Crippen molar-refractivity contribution in [1.82, 2.24) is 9.80 Å². The van der Waals surface area contributed by atoms with Crippen LogP contribution in [-0.4, -0.2) is 55.4 Å². The van der Waals surface area contributed by atoms with Gasteiger partial charge in [-0.3, -0.25) is 4.79 Å². The Kier molecular flexibility index (Phi) is 4.04. The van der Waals surface area contributed by atoms with Crippen LogP contribution in [0, 0.1) is 0 Å². The van der Waals surface area contributed by atoms with Gasteiger partial charge in [0.2, 0.25) is 0 Å². The number of nitrogens with zero attached hydrogens (tertiary/aromatic N) is 2. The topological polar surface area (TPSA) is 23.6 Å². The Balaban J connectivity index is 1.84. The van der Waals surface area contributed by atoms with Gasteiger partial charge in [0, 0.05) is 37.7 Å². The molecule has 2 aromatic rings. The van der Waals surface area contributed by atoms with Crippen molar-refractivity contribution in [3.05, 3.63) is 48.0 Å². The van der Waals surface area contributed by atoms with Crippen LogP contribution in [0.3, 0.4) is 0 Å². The molecule has 0 aromatic heterocycles. The molecule has 21 heavy (non-hydrogen) atoms. The molecular weight excluding hydrogens is 260 g/mol. The molecule has 1 heterocycles. The molecule has 0 aliphatic carbocycles. The monoisotopic (exact) mass is 282 g/mol. The molecule has 0 saturated carbocycles. The van der Waals surface area contributed by atoms with Crippen LogP contribution in [0.2, 0.25) is 0 Å². The average Bonchev–Trinajstić information content (AvgIpc) is 2.50. The lowest BCUT2D eigenvalue weighted by Gasteiger charge is -2.37. The minimum atomic E-state index is 0.249. The predicted molar refractivity (Wildman–Crippen MR) is 86.8 cm³/mol. The van der Waals surface area contributed by atoms with Gasteiger partial charge in [-0.2, -0.15) is 0 Å². The summed E-state index contributed by atoms with van der Waals surface area (Å²) in [5, 5.41) is 2.20. The molecule has 2 aromatic carbocycles. The zero-order valence-electron chi connectivity index (χ0n) is 12.7. The van der Waals surface area contributed by atoms with Crippen molar-refractivity contribution in [1.29, 1.82) is 0 Å². The van der Waals surface area contributed by atoms with Crippen molar-refractivity contribution < 1.29 is 4.79 Å². The van der Waals surface area contributed by atoms with Crippen LogP contribution in [-0.2, 0) is 0 Å². The molecule has 1 atom stereocenters. The molecule has 110 valence electrons. The summed E-state index contributed by atoms with van der Waals surface area (Å²) >= 11 is 0. The molecule has 0 N–H and O–H groups in total. The average molecular weight is 282 g/mol. The lowest BCUT2D eigenvalue weighted by atomic mass is 9.96. The Morgan fingerprint density at radius 3 is 2.71 bits per heavy atom. The first-order valence-electron chi connectivity index (χ1n) is 7.55. The Bertz CT molecular complexity index is 647. The van der Waals surface area contributed by atoms with E-state index >= 15 is 0 Å². The molecule has 1 saturated heterocycles. The molecule has 0 bridgehead atoms. The van der Waals surface area contributed by atoms with Gasteiger partial charge in [-0.05, 0) is 24.9 Å². The van der Waals surface area contributed by atoms with E-state index in [0.29, 0.717) is 12.5 Å². The number of benzene rings is 2. The molecule has 1 fully saturated rings. The molecule has 0 spiro atoms. The van der Waals surface area contributed by atoms with E-state index in [4.69, 9.17) is 0 Å². The summed E-state index contributed by atoms with van der Waals surface area (Å²) in [5.74, 6) is 0.249. The molecule has 0 radical (unpaired) electrons. The number of hydrogen-bond acceptors (Lipinski definition) is 3. The normalized spacial score (nSPS) is 20.8. The second-order valence-electron chi connectivity index (χ2n) is 6.05. The molecule has 1 aliphatic heterocycles. The summed E-state index contributed by atoms with van der Waals surface area (Å²) < 4.78 is 0. The number of carbonyl (C=O) groups is 1. The minimum absolute atomic E-state index is 0.249. The number of likely N-dealkylation sites (N-methyl/N-ethyl adjacent to an activating group) is 2. The van der Waals surface area contributed by atoms with E-state index in [1.165, 1.54) is 0 Å². The fourth-order valence-corrected chi connectivity index (χ4v) is 3.11. The second kappa shape index (κ2) is 5.96. The van der Waals surface area contributed by atoms with Crippen LogP contribution >= 0.6 is 0 Å². The maximum Gasteiger partial charge on any atom is 0.165 e. The third kappa shape index (κ3) is 2.99. The SMILES string of the molecule is CN1CCN(C)C(CC(=O)c2cccc3ccccc23)C1. The highest BCUT2D eigenvalue weighted by Gasteiger charge is 2.25. The molecule has 3 heteroatoms. The maximum atomic E-state index is 12.7. The first kappa shape index (κ1) is 14.2. The number of piperazine rings is 1. The van der Waals surface area contributed by atoms with Gasteiger partial charge in [0.1, 0.15) is 0 Å². The smallest absolute Gasteiger partial charge is 0.165 e. The zero-order chi connectivity index (χ0) is 14.8. The summed E-state index contributed by atoms with van der Waals surface area (Å²) in [5.41, 5.74) is 0.856. The standard InChI is InChI=1S/C18H22N2O/c1-19-10-11-20(2)15(13-19)12-18(21)17-9-5-7-14-6-3-4-8-16(14)17/h3-9,15H,10-13H2,1-2H3. The number of hydrogen-bond donors (Lipinski definition) is 0. The van der Waals surface area contributed by atoms with E-state index in [2.05, 4.69) is 36.0 Å². The van der Waals surface area contributed by atoms with Crippen molar-refractivity contribution in [3.8, 4) is 0 Å². The van der Waals surface area contributed by atoms with E-state index < -0.39 is 0 Å². The lowest BCUT2D eigenvalue weighted by molar-refractivity contribution is 0.0811. The van der Waals surface area contributed by atoms with E-state index in [1.54, 1.807) is 0 Å². The zero-order valence-corrected chi connectivity index (χ0v) is 12.7. The van der Waals surface area contributed by atoms with E-state index in [1.807, 2.05) is 30.3 Å². The summed E-state index contributed by atoms with van der Waals surface area (Å²) in [4.78, 5) is 17.3. The van der Waals surface area contributed by atoms with Gasteiger partial charge in [0.25, 0.3) is 0 Å². The molecule has 3 rings (SSSR count). The van der Waals surface area contributed by atoms with Gasteiger partial charge in [-0.15, -0.1) is 0 Å².